The summed E-state index contributed by atoms with van der Waals surface area (Å²) >= 11 is 0. The molecule has 4 rings (SSSR count). The van der Waals surface area contributed by atoms with Crippen molar-refractivity contribution in [2.75, 3.05) is 43.4 Å². The van der Waals surface area contributed by atoms with Gasteiger partial charge in [0.15, 0.2) is 0 Å². The second kappa shape index (κ2) is 17.1. The molecule has 2 aromatic rings. The summed E-state index contributed by atoms with van der Waals surface area (Å²) in [6.07, 6.45) is 4.53. The number of likely N-dealkylation sites (N-methyl/N-ethyl adjacent to an activating group) is 1. The standard InChI is InChI=1S/C35H45F3N6O4/c1-24-29(42-34(48)40-24)15-4-3-5-17-31(45)39-19-8-9-20-43(2)21-11-18-32(46)44-23-28(27-14-6-7-16-30(27)44)33(47)41-26-13-10-12-25(22-26)35(36,37)38/h6-7,10-14,16,18,22,24,28-29H,3-5,8-9,15,17,19-21,23H2,1-2H3,(H,39,45)(H,41,47)(H2,40,42,48)/b18-11+/t24-,28?,29+/m0/s1. The molecule has 1 fully saturated rings. The van der Waals surface area contributed by atoms with E-state index in [1.165, 1.54) is 23.1 Å². The molecule has 2 aliphatic heterocycles. The highest BCUT2D eigenvalue weighted by Crippen LogP contribution is 2.37. The molecule has 48 heavy (non-hydrogen) atoms. The molecule has 4 N–H and O–H groups in total. The molecule has 1 unspecified atom stereocenters. The van der Waals surface area contributed by atoms with Gasteiger partial charge in [-0.25, -0.2) is 4.79 Å². The Hall–Kier alpha value is -4.39. The van der Waals surface area contributed by atoms with Crippen LogP contribution in [-0.2, 0) is 20.6 Å². The number of hydrogen-bond acceptors (Lipinski definition) is 5. The van der Waals surface area contributed by atoms with Crippen molar-refractivity contribution in [3.05, 3.63) is 71.8 Å². The van der Waals surface area contributed by atoms with Gasteiger partial charge < -0.3 is 31.1 Å². The molecule has 0 spiro atoms. The van der Waals surface area contributed by atoms with Gasteiger partial charge in [0.05, 0.1) is 17.5 Å². The zero-order valence-electron chi connectivity index (χ0n) is 27.4. The van der Waals surface area contributed by atoms with Gasteiger partial charge in [0.2, 0.25) is 11.8 Å². The van der Waals surface area contributed by atoms with Crippen LogP contribution in [0, 0.1) is 0 Å². The van der Waals surface area contributed by atoms with Gasteiger partial charge >= 0.3 is 12.2 Å². The van der Waals surface area contributed by atoms with Gasteiger partial charge in [-0.15, -0.1) is 0 Å². The summed E-state index contributed by atoms with van der Waals surface area (Å²) in [4.78, 5) is 53.3. The number of para-hydroxylation sites is 1. The lowest BCUT2D eigenvalue weighted by atomic mass is 10.0. The third kappa shape index (κ3) is 10.6. The molecule has 0 aromatic heterocycles. The van der Waals surface area contributed by atoms with E-state index in [0.717, 1.165) is 57.2 Å². The summed E-state index contributed by atoms with van der Waals surface area (Å²) in [6.45, 7) is 3.98. The Morgan fingerprint density at radius 2 is 1.81 bits per heavy atom. The van der Waals surface area contributed by atoms with Crippen LogP contribution in [0.1, 0.15) is 68.9 Å². The van der Waals surface area contributed by atoms with Crippen molar-refractivity contribution in [1.29, 1.82) is 0 Å². The predicted molar refractivity (Wildman–Crippen MR) is 178 cm³/mol. The maximum absolute atomic E-state index is 13.1. The summed E-state index contributed by atoms with van der Waals surface area (Å²) < 4.78 is 39.4. The Morgan fingerprint density at radius 1 is 1.02 bits per heavy atom. The van der Waals surface area contributed by atoms with Gasteiger partial charge in [-0.3, -0.25) is 14.4 Å². The number of nitrogens with zero attached hydrogens (tertiary/aromatic N) is 2. The van der Waals surface area contributed by atoms with E-state index in [4.69, 9.17) is 0 Å². The molecular weight excluding hydrogens is 625 g/mol. The molecule has 0 aliphatic carbocycles. The number of carbonyl (C=O) groups is 4. The van der Waals surface area contributed by atoms with E-state index in [9.17, 15) is 32.3 Å². The monoisotopic (exact) mass is 670 g/mol. The first-order valence-electron chi connectivity index (χ1n) is 16.5. The van der Waals surface area contributed by atoms with E-state index in [-0.39, 0.29) is 42.2 Å². The Morgan fingerprint density at radius 3 is 2.56 bits per heavy atom. The van der Waals surface area contributed by atoms with Crippen LogP contribution in [0.3, 0.4) is 0 Å². The highest BCUT2D eigenvalue weighted by Gasteiger charge is 2.36. The van der Waals surface area contributed by atoms with Gasteiger partial charge in [0.25, 0.3) is 5.91 Å². The lowest BCUT2D eigenvalue weighted by molar-refractivity contribution is -0.137. The van der Waals surface area contributed by atoms with E-state index in [0.29, 0.717) is 30.8 Å². The minimum Gasteiger partial charge on any atom is -0.356 e. The number of halogens is 3. The molecule has 1 saturated heterocycles. The molecule has 0 bridgehead atoms. The normalized spacial score (nSPS) is 18.9. The van der Waals surface area contributed by atoms with Gasteiger partial charge in [-0.2, -0.15) is 13.2 Å². The van der Waals surface area contributed by atoms with Crippen molar-refractivity contribution < 1.29 is 32.3 Å². The van der Waals surface area contributed by atoms with Crippen molar-refractivity contribution >= 4 is 35.1 Å². The molecule has 2 aliphatic rings. The van der Waals surface area contributed by atoms with Crippen LogP contribution in [0.4, 0.5) is 29.3 Å². The Kier molecular flexibility index (Phi) is 13.0. The van der Waals surface area contributed by atoms with Crippen molar-refractivity contribution in [3.63, 3.8) is 0 Å². The quantitative estimate of drug-likeness (QED) is 0.145. The number of hydrogen-bond donors (Lipinski definition) is 4. The van der Waals surface area contributed by atoms with E-state index in [1.54, 1.807) is 30.3 Å². The number of unbranched alkanes of at least 4 members (excludes halogenated alkanes) is 3. The van der Waals surface area contributed by atoms with Crippen LogP contribution < -0.4 is 26.2 Å². The molecule has 260 valence electrons. The minimum absolute atomic E-state index is 0.0368. The fourth-order valence-electron chi connectivity index (χ4n) is 5.97. The van der Waals surface area contributed by atoms with Crippen LogP contribution in [0.2, 0.25) is 0 Å². The molecule has 0 radical (unpaired) electrons. The highest BCUT2D eigenvalue weighted by molar-refractivity contribution is 6.07. The SMILES string of the molecule is C[C@@H]1NC(=O)N[C@@H]1CCCCCC(=O)NCCCCN(C)C/C=C/C(=O)N1CC(C(=O)Nc2cccc(C(F)(F)F)c2)c2ccccc21. The maximum Gasteiger partial charge on any atom is 0.416 e. The Bertz CT molecular complexity index is 1470. The lowest BCUT2D eigenvalue weighted by Gasteiger charge is -2.17. The predicted octanol–water partition coefficient (Wildman–Crippen LogP) is 5.18. The topological polar surface area (TPSA) is 123 Å². The molecule has 0 saturated carbocycles. The third-order valence-corrected chi connectivity index (χ3v) is 8.67. The smallest absolute Gasteiger partial charge is 0.356 e. The average molecular weight is 671 g/mol. The number of nitrogens with one attached hydrogen (secondary N) is 4. The molecule has 5 amide bonds. The number of urea groups is 1. The molecule has 2 aromatic carbocycles. The molecule has 2 heterocycles. The number of alkyl halides is 3. The Balaban J connectivity index is 1.12. The second-order valence-corrected chi connectivity index (χ2v) is 12.5. The number of fused-ring (bicyclic) bond motifs is 1. The van der Waals surface area contributed by atoms with Crippen LogP contribution >= 0.6 is 0 Å². The van der Waals surface area contributed by atoms with Crippen molar-refractivity contribution in [2.45, 2.75) is 76.0 Å². The lowest BCUT2D eigenvalue weighted by Crippen LogP contribution is -2.31. The second-order valence-electron chi connectivity index (χ2n) is 12.5. The van der Waals surface area contributed by atoms with E-state index in [2.05, 4.69) is 26.2 Å². The van der Waals surface area contributed by atoms with Gasteiger partial charge in [0.1, 0.15) is 0 Å². The number of rotatable bonds is 16. The van der Waals surface area contributed by atoms with Crippen molar-refractivity contribution in [1.82, 2.24) is 20.9 Å². The molecular formula is C35H45F3N6O4. The Labute approximate surface area is 279 Å². The van der Waals surface area contributed by atoms with Gasteiger partial charge in [0, 0.05) is 49.5 Å². The van der Waals surface area contributed by atoms with Crippen LogP contribution in [-0.4, -0.2) is 74.0 Å². The van der Waals surface area contributed by atoms with Crippen LogP contribution in [0.15, 0.2) is 60.7 Å². The largest absolute Gasteiger partial charge is 0.416 e. The first-order valence-corrected chi connectivity index (χ1v) is 16.5. The summed E-state index contributed by atoms with van der Waals surface area (Å²) in [7, 11) is 1.94. The summed E-state index contributed by atoms with van der Waals surface area (Å²) in [5, 5.41) is 11.3. The number of benzene rings is 2. The van der Waals surface area contributed by atoms with E-state index in [1.807, 2.05) is 14.0 Å². The summed E-state index contributed by atoms with van der Waals surface area (Å²) in [5.41, 5.74) is 0.411. The minimum atomic E-state index is -4.53. The zero-order valence-corrected chi connectivity index (χ0v) is 27.4. The first kappa shape index (κ1) is 36.4. The summed E-state index contributed by atoms with van der Waals surface area (Å²) in [6, 6.07) is 11.7. The summed E-state index contributed by atoms with van der Waals surface area (Å²) in [5.74, 6) is -1.46. The van der Waals surface area contributed by atoms with Gasteiger partial charge in [-0.1, -0.05) is 43.2 Å². The third-order valence-electron chi connectivity index (χ3n) is 8.67. The van der Waals surface area contributed by atoms with Gasteiger partial charge in [-0.05, 0) is 76.0 Å². The number of amides is 5. The van der Waals surface area contributed by atoms with E-state index >= 15 is 0 Å². The van der Waals surface area contributed by atoms with Crippen LogP contribution in [0.5, 0.6) is 0 Å². The fourth-order valence-corrected chi connectivity index (χ4v) is 5.97. The number of carbonyl (C=O) groups excluding carboxylic acids is 4. The van der Waals surface area contributed by atoms with Crippen molar-refractivity contribution in [2.24, 2.45) is 0 Å². The molecule has 3 atom stereocenters. The van der Waals surface area contributed by atoms with E-state index < -0.39 is 23.6 Å². The number of anilines is 2. The molecule has 10 nitrogen and oxygen atoms in total. The zero-order chi connectivity index (χ0) is 34.7. The van der Waals surface area contributed by atoms with Crippen LogP contribution in [0.25, 0.3) is 0 Å². The average Bonchev–Trinajstić information content (AvgIpc) is 3.59. The van der Waals surface area contributed by atoms with Crippen molar-refractivity contribution in [3.8, 4) is 0 Å². The highest BCUT2D eigenvalue weighted by atomic mass is 19.4. The molecule has 13 heteroatoms. The maximum atomic E-state index is 13.1. The first-order chi connectivity index (χ1) is 22.9. The fraction of sp³-hybridized carbons (Fsp3) is 0.486.